The van der Waals surface area contributed by atoms with Crippen LogP contribution < -0.4 is 14.8 Å². The smallest absolute Gasteiger partial charge is 0.311 e. The molecule has 0 amide bonds. The van der Waals surface area contributed by atoms with Crippen molar-refractivity contribution in [2.24, 2.45) is 5.92 Å². The van der Waals surface area contributed by atoms with Crippen molar-refractivity contribution < 1.29 is 14.4 Å². The highest BCUT2D eigenvalue weighted by molar-refractivity contribution is 5.50. The van der Waals surface area contributed by atoms with Gasteiger partial charge in [-0.25, -0.2) is 0 Å². The number of nitro groups is 1. The molecule has 1 saturated heterocycles. The van der Waals surface area contributed by atoms with E-state index in [1.807, 2.05) is 0 Å². The lowest BCUT2D eigenvalue weighted by Crippen LogP contribution is -2.42. The minimum atomic E-state index is -0.435. The average Bonchev–Trinajstić information content (AvgIpc) is 2.41. The summed E-state index contributed by atoms with van der Waals surface area (Å²) in [5.74, 6) is 1.19. The number of benzene rings is 1. The van der Waals surface area contributed by atoms with Crippen LogP contribution in [0.1, 0.15) is 13.3 Å². The van der Waals surface area contributed by atoms with Crippen molar-refractivity contribution in [2.75, 3.05) is 20.2 Å². The Hall–Kier alpha value is -1.82. The fourth-order valence-electron chi connectivity index (χ4n) is 2.15. The predicted molar refractivity (Wildman–Crippen MR) is 70.7 cm³/mol. The first kappa shape index (κ1) is 13.6. The van der Waals surface area contributed by atoms with Crippen LogP contribution in [-0.4, -0.2) is 31.2 Å². The van der Waals surface area contributed by atoms with Gasteiger partial charge in [-0.05, 0) is 24.9 Å². The molecule has 0 saturated carbocycles. The Morgan fingerprint density at radius 3 is 2.89 bits per heavy atom. The van der Waals surface area contributed by atoms with E-state index >= 15 is 0 Å². The quantitative estimate of drug-likeness (QED) is 0.666. The van der Waals surface area contributed by atoms with E-state index < -0.39 is 4.92 Å². The summed E-state index contributed by atoms with van der Waals surface area (Å²) in [4.78, 5) is 10.6. The van der Waals surface area contributed by atoms with E-state index in [2.05, 4.69) is 12.2 Å². The van der Waals surface area contributed by atoms with Crippen LogP contribution in [0.25, 0.3) is 0 Å². The summed E-state index contributed by atoms with van der Waals surface area (Å²) in [5, 5.41) is 14.3. The second-order valence-corrected chi connectivity index (χ2v) is 4.72. The molecule has 0 bridgehead atoms. The SMILES string of the molecule is COc1ccc([N+](=O)[O-])c(OC2CNCCC2C)c1. The summed E-state index contributed by atoms with van der Waals surface area (Å²) < 4.78 is 10.9. The number of nitro benzene ring substituents is 1. The second kappa shape index (κ2) is 5.88. The number of ether oxygens (including phenoxy) is 2. The third kappa shape index (κ3) is 3.14. The molecule has 0 radical (unpaired) electrons. The molecule has 0 aliphatic carbocycles. The van der Waals surface area contributed by atoms with Crippen molar-refractivity contribution in [3.63, 3.8) is 0 Å². The standard InChI is InChI=1S/C13H18N2O4/c1-9-5-6-14-8-13(9)19-12-7-10(18-2)3-4-11(12)15(16)17/h3-4,7,9,13-14H,5-6,8H2,1-2H3. The molecule has 0 aromatic heterocycles. The van der Waals surface area contributed by atoms with Crippen LogP contribution in [0, 0.1) is 16.0 Å². The lowest BCUT2D eigenvalue weighted by atomic mass is 9.97. The molecule has 1 aliphatic heterocycles. The highest BCUT2D eigenvalue weighted by Crippen LogP contribution is 2.33. The molecule has 1 fully saturated rings. The Kier molecular flexibility index (Phi) is 4.21. The molecule has 1 heterocycles. The topological polar surface area (TPSA) is 73.6 Å². The fraction of sp³-hybridized carbons (Fsp3) is 0.538. The van der Waals surface area contributed by atoms with E-state index in [0.717, 1.165) is 13.0 Å². The molecular weight excluding hydrogens is 248 g/mol. The van der Waals surface area contributed by atoms with Crippen LogP contribution in [0.5, 0.6) is 11.5 Å². The maximum absolute atomic E-state index is 11.0. The Labute approximate surface area is 111 Å². The van der Waals surface area contributed by atoms with Crippen LogP contribution in [0.4, 0.5) is 5.69 Å². The van der Waals surface area contributed by atoms with Crippen LogP contribution in [-0.2, 0) is 0 Å². The zero-order valence-corrected chi connectivity index (χ0v) is 11.1. The van der Waals surface area contributed by atoms with Crippen LogP contribution in [0.3, 0.4) is 0 Å². The van der Waals surface area contributed by atoms with Gasteiger partial charge in [-0.2, -0.15) is 0 Å². The van der Waals surface area contributed by atoms with Gasteiger partial charge in [0.2, 0.25) is 5.75 Å². The molecule has 19 heavy (non-hydrogen) atoms. The minimum Gasteiger partial charge on any atom is -0.497 e. The van der Waals surface area contributed by atoms with Crippen molar-refractivity contribution in [2.45, 2.75) is 19.4 Å². The van der Waals surface area contributed by atoms with Crippen molar-refractivity contribution in [1.82, 2.24) is 5.32 Å². The molecule has 104 valence electrons. The normalized spacial score (nSPS) is 22.8. The summed E-state index contributed by atoms with van der Waals surface area (Å²) >= 11 is 0. The number of nitrogens with one attached hydrogen (secondary N) is 1. The van der Waals surface area contributed by atoms with Crippen molar-refractivity contribution in [1.29, 1.82) is 0 Å². The first-order valence-electron chi connectivity index (χ1n) is 6.31. The summed E-state index contributed by atoms with van der Waals surface area (Å²) in [7, 11) is 1.52. The Balaban J connectivity index is 2.23. The van der Waals surface area contributed by atoms with Crippen LogP contribution in [0.15, 0.2) is 18.2 Å². The van der Waals surface area contributed by atoms with Gasteiger partial charge in [0.05, 0.1) is 12.0 Å². The largest absolute Gasteiger partial charge is 0.497 e. The summed E-state index contributed by atoms with van der Waals surface area (Å²) in [6.07, 6.45) is 0.946. The number of hydrogen-bond acceptors (Lipinski definition) is 5. The van der Waals surface area contributed by atoms with Gasteiger partial charge in [0.1, 0.15) is 11.9 Å². The van der Waals surface area contributed by atoms with E-state index in [4.69, 9.17) is 9.47 Å². The lowest BCUT2D eigenvalue weighted by molar-refractivity contribution is -0.386. The Bertz CT molecular complexity index is 464. The Morgan fingerprint density at radius 2 is 2.26 bits per heavy atom. The molecule has 1 aromatic rings. The van der Waals surface area contributed by atoms with Gasteiger partial charge in [-0.15, -0.1) is 0 Å². The third-order valence-electron chi connectivity index (χ3n) is 3.40. The molecule has 1 N–H and O–H groups in total. The maximum Gasteiger partial charge on any atom is 0.311 e. The van der Waals surface area contributed by atoms with Gasteiger partial charge in [0.25, 0.3) is 0 Å². The maximum atomic E-state index is 11.0. The molecule has 6 heteroatoms. The van der Waals surface area contributed by atoms with Gasteiger partial charge in [-0.1, -0.05) is 6.92 Å². The number of piperidine rings is 1. The highest BCUT2D eigenvalue weighted by Gasteiger charge is 2.26. The fourth-order valence-corrected chi connectivity index (χ4v) is 2.15. The first-order chi connectivity index (χ1) is 9.11. The zero-order chi connectivity index (χ0) is 13.8. The molecule has 2 rings (SSSR count). The number of nitrogens with zero attached hydrogens (tertiary/aromatic N) is 1. The molecular formula is C13H18N2O4. The van der Waals surface area contributed by atoms with Gasteiger partial charge in [0.15, 0.2) is 0 Å². The van der Waals surface area contributed by atoms with E-state index in [1.54, 1.807) is 12.1 Å². The van der Waals surface area contributed by atoms with Gasteiger partial charge in [0, 0.05) is 18.7 Å². The van der Waals surface area contributed by atoms with Gasteiger partial charge in [-0.3, -0.25) is 10.1 Å². The van der Waals surface area contributed by atoms with Crippen LogP contribution >= 0.6 is 0 Å². The monoisotopic (exact) mass is 266 g/mol. The number of rotatable bonds is 4. The molecule has 2 atom stereocenters. The van der Waals surface area contributed by atoms with E-state index in [9.17, 15) is 10.1 Å². The second-order valence-electron chi connectivity index (χ2n) is 4.72. The molecule has 1 aromatic carbocycles. The number of hydrogen-bond donors (Lipinski definition) is 1. The molecule has 0 spiro atoms. The van der Waals surface area contributed by atoms with Crippen molar-refractivity contribution in [3.8, 4) is 11.5 Å². The van der Waals surface area contributed by atoms with Gasteiger partial charge < -0.3 is 14.8 Å². The van der Waals surface area contributed by atoms with Gasteiger partial charge >= 0.3 is 5.69 Å². The zero-order valence-electron chi connectivity index (χ0n) is 11.1. The average molecular weight is 266 g/mol. The van der Waals surface area contributed by atoms with E-state index in [1.165, 1.54) is 13.2 Å². The summed E-state index contributed by atoms with van der Waals surface area (Å²) in [6, 6.07) is 4.54. The molecule has 2 unspecified atom stereocenters. The molecule has 1 aliphatic rings. The summed E-state index contributed by atoms with van der Waals surface area (Å²) in [5.41, 5.74) is -0.0291. The third-order valence-corrected chi connectivity index (χ3v) is 3.40. The predicted octanol–water partition coefficient (Wildman–Crippen LogP) is 1.98. The highest BCUT2D eigenvalue weighted by atomic mass is 16.6. The molecule has 6 nitrogen and oxygen atoms in total. The van der Waals surface area contributed by atoms with E-state index in [0.29, 0.717) is 18.2 Å². The van der Waals surface area contributed by atoms with Crippen molar-refractivity contribution in [3.05, 3.63) is 28.3 Å². The van der Waals surface area contributed by atoms with E-state index in [-0.39, 0.29) is 17.5 Å². The summed E-state index contributed by atoms with van der Waals surface area (Å²) in [6.45, 7) is 3.76. The number of methoxy groups -OCH3 is 1. The van der Waals surface area contributed by atoms with Crippen molar-refractivity contribution >= 4 is 5.69 Å². The lowest BCUT2D eigenvalue weighted by Gasteiger charge is -2.29. The van der Waals surface area contributed by atoms with Crippen LogP contribution in [0.2, 0.25) is 0 Å². The minimum absolute atomic E-state index is 0.0291. The first-order valence-corrected chi connectivity index (χ1v) is 6.31. The Morgan fingerprint density at radius 1 is 1.47 bits per heavy atom.